The lowest BCUT2D eigenvalue weighted by molar-refractivity contribution is -0.136. The molecule has 0 bridgehead atoms. The summed E-state index contributed by atoms with van der Waals surface area (Å²) < 4.78 is 45.8. The third-order valence-corrected chi connectivity index (χ3v) is 5.17. The van der Waals surface area contributed by atoms with Crippen molar-refractivity contribution in [2.24, 2.45) is 0 Å². The number of hydrogen-bond acceptors (Lipinski definition) is 6. The van der Waals surface area contributed by atoms with E-state index in [1.165, 1.54) is 37.6 Å². The van der Waals surface area contributed by atoms with Gasteiger partial charge in [-0.05, 0) is 12.1 Å². The van der Waals surface area contributed by atoms with Crippen molar-refractivity contribution in [1.82, 2.24) is 15.0 Å². The summed E-state index contributed by atoms with van der Waals surface area (Å²) in [5.41, 5.74) is -0.317. The summed E-state index contributed by atoms with van der Waals surface area (Å²) in [4.78, 5) is 35.1. The van der Waals surface area contributed by atoms with Crippen LogP contribution in [0.4, 0.5) is 18.3 Å². The highest BCUT2D eigenvalue weighted by Crippen LogP contribution is 2.37. The average Bonchev–Trinajstić information content (AvgIpc) is 3.41. The van der Waals surface area contributed by atoms with E-state index in [4.69, 9.17) is 0 Å². The Morgan fingerprint density at radius 2 is 2.00 bits per heavy atom. The first-order valence-electron chi connectivity index (χ1n) is 8.77. The Labute approximate surface area is 176 Å². The molecule has 2 N–H and O–H groups in total. The molecule has 0 saturated heterocycles. The van der Waals surface area contributed by atoms with Gasteiger partial charge in [-0.3, -0.25) is 15.1 Å². The Morgan fingerprint density at radius 1 is 1.23 bits per heavy atom. The molecule has 1 aromatic carbocycles. The van der Waals surface area contributed by atoms with Gasteiger partial charge in [-0.1, -0.05) is 18.2 Å². The number of carbonyl (C=O) groups excluding carboxylic acids is 2. The van der Waals surface area contributed by atoms with E-state index >= 15 is 0 Å². The van der Waals surface area contributed by atoms with Gasteiger partial charge in [0.05, 0.1) is 29.4 Å². The van der Waals surface area contributed by atoms with Gasteiger partial charge in [0.2, 0.25) is 0 Å². The van der Waals surface area contributed by atoms with Gasteiger partial charge in [-0.15, -0.1) is 11.3 Å². The van der Waals surface area contributed by atoms with Gasteiger partial charge >= 0.3 is 12.1 Å². The van der Waals surface area contributed by atoms with Crippen LogP contribution in [0.25, 0.3) is 22.2 Å². The van der Waals surface area contributed by atoms with E-state index in [0.29, 0.717) is 11.3 Å². The number of carbonyl (C=O) groups is 2. The number of halogens is 3. The van der Waals surface area contributed by atoms with Crippen LogP contribution in [0.5, 0.6) is 0 Å². The van der Waals surface area contributed by atoms with Gasteiger partial charge in [0.15, 0.2) is 5.13 Å². The smallest absolute Gasteiger partial charge is 0.417 e. The number of aromatic nitrogens is 3. The number of nitrogens with one attached hydrogen (secondary N) is 2. The fourth-order valence-corrected chi connectivity index (χ4v) is 3.73. The molecule has 7 nitrogen and oxygen atoms in total. The standard InChI is InChI=1S/C20H13F3N4O3S/c1-30-18(29)14-6-10(7-24-14)15-9-31-19(26-15)27-17(28)12-8-25-13-5-3-2-4-11(13)16(12)20(21,22)23/h2-9,24H,1H3,(H,26,27,28). The number of anilines is 1. The number of benzene rings is 1. The van der Waals surface area contributed by atoms with Crippen molar-refractivity contribution in [3.05, 3.63) is 64.9 Å². The summed E-state index contributed by atoms with van der Waals surface area (Å²) in [5.74, 6) is -1.53. The van der Waals surface area contributed by atoms with Crippen LogP contribution in [-0.2, 0) is 10.9 Å². The predicted molar refractivity (Wildman–Crippen MR) is 108 cm³/mol. The number of alkyl halides is 3. The zero-order valence-electron chi connectivity index (χ0n) is 15.8. The molecule has 158 valence electrons. The van der Waals surface area contributed by atoms with Crippen LogP contribution in [0.2, 0.25) is 0 Å². The van der Waals surface area contributed by atoms with E-state index in [0.717, 1.165) is 17.5 Å². The largest absolute Gasteiger partial charge is 0.464 e. The fourth-order valence-electron chi connectivity index (χ4n) is 3.02. The monoisotopic (exact) mass is 446 g/mol. The molecule has 3 heterocycles. The second-order valence-corrected chi connectivity index (χ2v) is 7.21. The molecule has 0 spiro atoms. The van der Waals surface area contributed by atoms with Crippen LogP contribution in [0.15, 0.2) is 48.1 Å². The van der Waals surface area contributed by atoms with E-state index in [1.54, 1.807) is 11.4 Å². The van der Waals surface area contributed by atoms with Crippen molar-refractivity contribution in [3.8, 4) is 11.3 Å². The molecular weight excluding hydrogens is 433 g/mol. The number of ether oxygens (including phenoxy) is 1. The molecule has 0 aliphatic heterocycles. The van der Waals surface area contributed by atoms with Crippen molar-refractivity contribution >= 4 is 39.2 Å². The lowest BCUT2D eigenvalue weighted by atomic mass is 10.0. The van der Waals surface area contributed by atoms with Crippen molar-refractivity contribution in [2.45, 2.75) is 6.18 Å². The number of aromatic amines is 1. The van der Waals surface area contributed by atoms with Crippen molar-refractivity contribution in [1.29, 1.82) is 0 Å². The Bertz CT molecular complexity index is 1300. The molecule has 0 unspecified atom stereocenters. The van der Waals surface area contributed by atoms with Crippen LogP contribution in [0, 0.1) is 0 Å². The lowest BCUT2D eigenvalue weighted by Crippen LogP contribution is -2.19. The zero-order chi connectivity index (χ0) is 22.2. The third-order valence-electron chi connectivity index (χ3n) is 4.41. The van der Waals surface area contributed by atoms with Gasteiger partial charge in [0.25, 0.3) is 5.91 Å². The second-order valence-electron chi connectivity index (χ2n) is 6.35. The molecular formula is C20H13F3N4O3S. The van der Waals surface area contributed by atoms with Crippen LogP contribution in [0.1, 0.15) is 26.4 Å². The number of amides is 1. The first kappa shape index (κ1) is 20.5. The average molecular weight is 446 g/mol. The minimum atomic E-state index is -4.75. The van der Waals surface area contributed by atoms with E-state index in [-0.39, 0.29) is 21.7 Å². The van der Waals surface area contributed by atoms with E-state index in [1.807, 2.05) is 0 Å². The maximum absolute atomic E-state index is 13.7. The predicted octanol–water partition coefficient (Wildman–Crippen LogP) is 4.74. The van der Waals surface area contributed by atoms with Crippen molar-refractivity contribution < 1.29 is 27.5 Å². The summed E-state index contributed by atoms with van der Waals surface area (Å²) in [6.45, 7) is 0. The summed E-state index contributed by atoms with van der Waals surface area (Å²) in [6, 6.07) is 7.25. The molecule has 31 heavy (non-hydrogen) atoms. The molecule has 3 aromatic heterocycles. The van der Waals surface area contributed by atoms with E-state index in [9.17, 15) is 22.8 Å². The number of para-hydroxylation sites is 1. The number of thiazole rings is 1. The maximum Gasteiger partial charge on any atom is 0.417 e. The number of H-pyrrole nitrogens is 1. The van der Waals surface area contributed by atoms with Crippen LogP contribution in [-0.4, -0.2) is 33.9 Å². The number of methoxy groups -OCH3 is 1. The van der Waals surface area contributed by atoms with E-state index < -0.39 is 29.2 Å². The van der Waals surface area contributed by atoms with Gasteiger partial charge in [-0.2, -0.15) is 13.2 Å². The molecule has 0 atom stereocenters. The minimum Gasteiger partial charge on any atom is -0.464 e. The summed E-state index contributed by atoms with van der Waals surface area (Å²) in [5, 5.41) is 3.93. The normalized spacial score (nSPS) is 11.5. The summed E-state index contributed by atoms with van der Waals surface area (Å²) in [7, 11) is 1.25. The number of nitrogens with zero attached hydrogens (tertiary/aromatic N) is 2. The fraction of sp³-hybridized carbons (Fsp3) is 0.100. The molecule has 0 fully saturated rings. The van der Waals surface area contributed by atoms with E-state index in [2.05, 4.69) is 25.0 Å². The zero-order valence-corrected chi connectivity index (χ0v) is 16.6. The highest BCUT2D eigenvalue weighted by molar-refractivity contribution is 7.14. The third kappa shape index (κ3) is 3.99. The maximum atomic E-state index is 13.7. The topological polar surface area (TPSA) is 97.0 Å². The van der Waals surface area contributed by atoms with Crippen molar-refractivity contribution in [3.63, 3.8) is 0 Å². The number of hydrogen-bond donors (Lipinski definition) is 2. The molecule has 1 amide bonds. The number of pyridine rings is 1. The Balaban J connectivity index is 1.63. The molecule has 4 aromatic rings. The number of esters is 1. The van der Waals surface area contributed by atoms with Gasteiger partial charge in [0, 0.05) is 28.7 Å². The highest BCUT2D eigenvalue weighted by Gasteiger charge is 2.37. The Hall–Kier alpha value is -3.73. The molecule has 4 rings (SSSR count). The number of fused-ring (bicyclic) bond motifs is 1. The molecule has 11 heteroatoms. The first-order chi connectivity index (χ1) is 14.8. The first-order valence-corrected chi connectivity index (χ1v) is 9.65. The SMILES string of the molecule is COC(=O)c1cc(-c2csc(NC(=O)c3cnc4ccccc4c3C(F)(F)F)n2)c[nH]1. The number of rotatable bonds is 4. The highest BCUT2D eigenvalue weighted by atomic mass is 32.1. The Kier molecular flexibility index (Phi) is 5.19. The molecule has 0 aliphatic rings. The molecule has 0 aliphatic carbocycles. The molecule has 0 saturated carbocycles. The van der Waals surface area contributed by atoms with Gasteiger partial charge in [0.1, 0.15) is 5.69 Å². The minimum absolute atomic E-state index is 0.0992. The lowest BCUT2D eigenvalue weighted by Gasteiger charge is -2.14. The summed E-state index contributed by atoms with van der Waals surface area (Å²) >= 11 is 1.03. The van der Waals surface area contributed by atoms with Crippen LogP contribution >= 0.6 is 11.3 Å². The van der Waals surface area contributed by atoms with Gasteiger partial charge in [-0.25, -0.2) is 9.78 Å². The van der Waals surface area contributed by atoms with Crippen LogP contribution in [0.3, 0.4) is 0 Å². The quantitative estimate of drug-likeness (QED) is 0.441. The molecule has 0 radical (unpaired) electrons. The Morgan fingerprint density at radius 3 is 2.74 bits per heavy atom. The van der Waals surface area contributed by atoms with Gasteiger partial charge < -0.3 is 9.72 Å². The van der Waals surface area contributed by atoms with Crippen LogP contribution < -0.4 is 5.32 Å². The summed E-state index contributed by atoms with van der Waals surface area (Å²) in [6.07, 6.45) is -2.32. The second kappa shape index (κ2) is 7.84. The van der Waals surface area contributed by atoms with Crippen molar-refractivity contribution in [2.75, 3.05) is 12.4 Å².